The van der Waals surface area contributed by atoms with E-state index in [2.05, 4.69) is 33.4 Å². The standard InChI is InChI=1S/C15H32OS/c1-5-16-13-11-14(17)10-8-6-7-9-12-15(2,3)4/h14,17H,5-13H2,1-4H3. The lowest BCUT2D eigenvalue weighted by atomic mass is 9.89. The highest BCUT2D eigenvalue weighted by Crippen LogP contribution is 2.22. The minimum absolute atomic E-state index is 0.504. The van der Waals surface area contributed by atoms with Crippen LogP contribution in [0.25, 0.3) is 0 Å². The van der Waals surface area contributed by atoms with Crippen molar-refractivity contribution < 1.29 is 4.74 Å². The molecule has 0 fully saturated rings. The minimum Gasteiger partial charge on any atom is -0.382 e. The first-order chi connectivity index (χ1) is 7.95. The fourth-order valence-corrected chi connectivity index (χ4v) is 2.18. The molecule has 0 aliphatic heterocycles. The molecule has 104 valence electrons. The zero-order chi connectivity index (χ0) is 13.1. The van der Waals surface area contributed by atoms with Gasteiger partial charge in [0.25, 0.3) is 0 Å². The third kappa shape index (κ3) is 14.2. The van der Waals surface area contributed by atoms with Crippen LogP contribution in [0.3, 0.4) is 0 Å². The van der Waals surface area contributed by atoms with E-state index in [1.807, 2.05) is 6.92 Å². The Bertz CT molecular complexity index is 163. The van der Waals surface area contributed by atoms with Gasteiger partial charge in [0.15, 0.2) is 0 Å². The molecule has 17 heavy (non-hydrogen) atoms. The van der Waals surface area contributed by atoms with E-state index in [1.165, 1.54) is 38.5 Å². The largest absolute Gasteiger partial charge is 0.382 e. The summed E-state index contributed by atoms with van der Waals surface area (Å²) in [4.78, 5) is 0. The number of ether oxygens (including phenoxy) is 1. The third-order valence-corrected chi connectivity index (χ3v) is 3.53. The average molecular weight is 260 g/mol. The zero-order valence-corrected chi connectivity index (χ0v) is 13.2. The quantitative estimate of drug-likeness (QED) is 0.425. The first-order valence-electron chi connectivity index (χ1n) is 7.21. The summed E-state index contributed by atoms with van der Waals surface area (Å²) in [5, 5.41) is 0.532. The molecule has 0 aliphatic rings. The lowest BCUT2D eigenvalue weighted by Gasteiger charge is -2.17. The summed E-state index contributed by atoms with van der Waals surface area (Å²) in [5.74, 6) is 0. The highest BCUT2D eigenvalue weighted by atomic mass is 32.1. The summed E-state index contributed by atoms with van der Waals surface area (Å²) in [6, 6.07) is 0. The van der Waals surface area contributed by atoms with E-state index in [1.54, 1.807) is 0 Å². The number of unbranched alkanes of at least 4 members (excludes halogenated alkanes) is 3. The predicted octanol–water partition coefficient (Wildman–Crippen LogP) is 5.10. The normalized spacial score (nSPS) is 13.9. The van der Waals surface area contributed by atoms with Crippen LogP contribution in [0.1, 0.15) is 72.6 Å². The molecule has 0 aromatic heterocycles. The van der Waals surface area contributed by atoms with Crippen molar-refractivity contribution in [2.24, 2.45) is 5.41 Å². The summed E-state index contributed by atoms with van der Waals surface area (Å²) in [6.45, 7) is 10.7. The van der Waals surface area contributed by atoms with E-state index >= 15 is 0 Å². The molecule has 1 nitrogen and oxygen atoms in total. The van der Waals surface area contributed by atoms with Crippen LogP contribution in [0.2, 0.25) is 0 Å². The van der Waals surface area contributed by atoms with Crippen LogP contribution in [0, 0.1) is 5.41 Å². The molecule has 0 spiro atoms. The van der Waals surface area contributed by atoms with Crippen LogP contribution >= 0.6 is 12.6 Å². The summed E-state index contributed by atoms with van der Waals surface area (Å²) < 4.78 is 5.34. The molecule has 0 bridgehead atoms. The lowest BCUT2D eigenvalue weighted by Crippen LogP contribution is -2.05. The van der Waals surface area contributed by atoms with Gasteiger partial charge in [-0.05, 0) is 31.6 Å². The number of hydrogen-bond acceptors (Lipinski definition) is 2. The Morgan fingerprint density at radius 3 is 2.24 bits per heavy atom. The van der Waals surface area contributed by atoms with Crippen molar-refractivity contribution in [1.82, 2.24) is 0 Å². The van der Waals surface area contributed by atoms with Gasteiger partial charge in [0.1, 0.15) is 0 Å². The Labute approximate surface area is 114 Å². The van der Waals surface area contributed by atoms with Crippen molar-refractivity contribution in [3.8, 4) is 0 Å². The predicted molar refractivity (Wildman–Crippen MR) is 81.0 cm³/mol. The first kappa shape index (κ1) is 17.3. The van der Waals surface area contributed by atoms with E-state index in [0.29, 0.717) is 10.7 Å². The van der Waals surface area contributed by atoms with Gasteiger partial charge in [0.05, 0.1) is 0 Å². The Morgan fingerprint density at radius 2 is 1.65 bits per heavy atom. The maximum atomic E-state index is 5.34. The summed E-state index contributed by atoms with van der Waals surface area (Å²) in [6.07, 6.45) is 9.13. The van der Waals surface area contributed by atoms with E-state index in [-0.39, 0.29) is 0 Å². The highest BCUT2D eigenvalue weighted by Gasteiger charge is 2.09. The van der Waals surface area contributed by atoms with Crippen LogP contribution in [0.5, 0.6) is 0 Å². The molecule has 0 aromatic rings. The van der Waals surface area contributed by atoms with Gasteiger partial charge >= 0.3 is 0 Å². The van der Waals surface area contributed by atoms with Gasteiger partial charge < -0.3 is 4.74 Å². The Morgan fingerprint density at radius 1 is 1.00 bits per heavy atom. The highest BCUT2D eigenvalue weighted by molar-refractivity contribution is 7.80. The van der Waals surface area contributed by atoms with Gasteiger partial charge in [-0.3, -0.25) is 0 Å². The SMILES string of the molecule is CCOCCC(S)CCCCCCC(C)(C)C. The van der Waals surface area contributed by atoms with Crippen molar-refractivity contribution in [3.05, 3.63) is 0 Å². The molecule has 0 heterocycles. The molecule has 0 N–H and O–H groups in total. The average Bonchev–Trinajstić information content (AvgIpc) is 2.22. The second kappa shape index (κ2) is 10.3. The Balaban J connectivity index is 3.22. The van der Waals surface area contributed by atoms with Gasteiger partial charge in [-0.1, -0.05) is 46.5 Å². The number of thiol groups is 1. The molecule has 0 radical (unpaired) electrons. The Hall–Kier alpha value is 0.310. The summed E-state index contributed by atoms with van der Waals surface area (Å²) in [5.41, 5.74) is 0.504. The van der Waals surface area contributed by atoms with Crippen LogP contribution in [-0.2, 0) is 4.74 Å². The van der Waals surface area contributed by atoms with Crippen LogP contribution in [0.4, 0.5) is 0 Å². The maximum absolute atomic E-state index is 5.34. The molecule has 0 saturated heterocycles. The molecular weight excluding hydrogens is 228 g/mol. The van der Waals surface area contributed by atoms with Gasteiger partial charge in [-0.15, -0.1) is 0 Å². The summed E-state index contributed by atoms with van der Waals surface area (Å²) in [7, 11) is 0. The number of hydrogen-bond donors (Lipinski definition) is 1. The van der Waals surface area contributed by atoms with Crippen LogP contribution < -0.4 is 0 Å². The monoisotopic (exact) mass is 260 g/mol. The smallest absolute Gasteiger partial charge is 0.0476 e. The molecule has 0 saturated carbocycles. The molecular formula is C15H32OS. The van der Waals surface area contributed by atoms with Gasteiger partial charge in [-0.2, -0.15) is 12.6 Å². The van der Waals surface area contributed by atoms with Crippen molar-refractivity contribution in [3.63, 3.8) is 0 Å². The molecule has 1 atom stereocenters. The third-order valence-electron chi connectivity index (χ3n) is 3.01. The lowest BCUT2D eigenvalue weighted by molar-refractivity contribution is 0.144. The number of rotatable bonds is 10. The molecule has 0 rings (SSSR count). The minimum atomic E-state index is 0.504. The zero-order valence-electron chi connectivity index (χ0n) is 12.3. The van der Waals surface area contributed by atoms with Crippen molar-refractivity contribution in [2.75, 3.05) is 13.2 Å². The topological polar surface area (TPSA) is 9.23 Å². The van der Waals surface area contributed by atoms with Crippen LogP contribution in [0.15, 0.2) is 0 Å². The Kier molecular flexibility index (Phi) is 10.4. The molecule has 2 heteroatoms. The molecule has 1 unspecified atom stereocenters. The van der Waals surface area contributed by atoms with Crippen molar-refractivity contribution in [2.45, 2.75) is 77.9 Å². The van der Waals surface area contributed by atoms with E-state index < -0.39 is 0 Å². The fourth-order valence-electron chi connectivity index (χ4n) is 1.90. The van der Waals surface area contributed by atoms with Gasteiger partial charge in [-0.25, -0.2) is 0 Å². The second-order valence-electron chi connectivity index (χ2n) is 6.15. The maximum Gasteiger partial charge on any atom is 0.0476 e. The van der Waals surface area contributed by atoms with Crippen LogP contribution in [-0.4, -0.2) is 18.5 Å². The van der Waals surface area contributed by atoms with Gasteiger partial charge in [0.2, 0.25) is 0 Å². The molecule has 0 aliphatic carbocycles. The van der Waals surface area contributed by atoms with Gasteiger partial charge in [0, 0.05) is 18.5 Å². The van der Waals surface area contributed by atoms with Crippen molar-refractivity contribution >= 4 is 12.6 Å². The van der Waals surface area contributed by atoms with E-state index in [4.69, 9.17) is 4.74 Å². The fraction of sp³-hybridized carbons (Fsp3) is 1.00. The molecule has 0 aromatic carbocycles. The molecule has 0 amide bonds. The van der Waals surface area contributed by atoms with E-state index in [9.17, 15) is 0 Å². The summed E-state index contributed by atoms with van der Waals surface area (Å²) >= 11 is 4.59. The second-order valence-corrected chi connectivity index (χ2v) is 6.88. The first-order valence-corrected chi connectivity index (χ1v) is 7.73. The van der Waals surface area contributed by atoms with Crippen molar-refractivity contribution in [1.29, 1.82) is 0 Å². The van der Waals surface area contributed by atoms with E-state index in [0.717, 1.165) is 19.6 Å².